The summed E-state index contributed by atoms with van der Waals surface area (Å²) in [6, 6.07) is 0.623. The van der Waals surface area contributed by atoms with Crippen LogP contribution in [0.3, 0.4) is 0 Å². The standard InChI is InChI=1S/C11H19N3S3/c1-7-4-5-8(12-2)9(6-7)16-11-14-13-10(15-3)17-11/h7-9,12H,4-6H2,1-3H3. The Morgan fingerprint density at radius 2 is 2.06 bits per heavy atom. The highest BCUT2D eigenvalue weighted by Crippen LogP contribution is 2.38. The lowest BCUT2D eigenvalue weighted by molar-refractivity contribution is 0.329. The summed E-state index contributed by atoms with van der Waals surface area (Å²) in [6.07, 6.45) is 5.96. The molecule has 6 heteroatoms. The Bertz CT molecular complexity index is 355. The Hall–Kier alpha value is 0.220. The molecule has 1 saturated carbocycles. The maximum absolute atomic E-state index is 4.26. The monoisotopic (exact) mass is 289 g/mol. The van der Waals surface area contributed by atoms with E-state index in [9.17, 15) is 0 Å². The van der Waals surface area contributed by atoms with Crippen molar-refractivity contribution in [3.05, 3.63) is 0 Å². The van der Waals surface area contributed by atoms with E-state index in [2.05, 4.69) is 29.5 Å². The molecule has 3 atom stereocenters. The van der Waals surface area contributed by atoms with Gasteiger partial charge in [-0.1, -0.05) is 41.8 Å². The van der Waals surface area contributed by atoms with E-state index in [0.717, 1.165) is 14.6 Å². The third-order valence-electron chi connectivity index (χ3n) is 3.24. The number of nitrogens with zero attached hydrogens (tertiary/aromatic N) is 2. The van der Waals surface area contributed by atoms with Gasteiger partial charge in [-0.3, -0.25) is 0 Å². The third kappa shape index (κ3) is 3.59. The van der Waals surface area contributed by atoms with Gasteiger partial charge >= 0.3 is 0 Å². The summed E-state index contributed by atoms with van der Waals surface area (Å²) < 4.78 is 2.19. The van der Waals surface area contributed by atoms with Crippen molar-refractivity contribution in [2.75, 3.05) is 13.3 Å². The molecule has 17 heavy (non-hydrogen) atoms. The maximum Gasteiger partial charge on any atom is 0.175 e. The van der Waals surface area contributed by atoms with E-state index in [1.165, 1.54) is 19.3 Å². The van der Waals surface area contributed by atoms with Crippen LogP contribution in [0.2, 0.25) is 0 Å². The molecule has 0 saturated heterocycles. The molecular weight excluding hydrogens is 270 g/mol. The summed E-state index contributed by atoms with van der Waals surface area (Å²) in [4.78, 5) is 0. The number of hydrogen-bond donors (Lipinski definition) is 1. The lowest BCUT2D eigenvalue weighted by Crippen LogP contribution is -2.40. The lowest BCUT2D eigenvalue weighted by Gasteiger charge is -2.33. The zero-order valence-corrected chi connectivity index (χ0v) is 12.9. The van der Waals surface area contributed by atoms with E-state index in [1.807, 2.05) is 18.0 Å². The predicted octanol–water partition coefficient (Wildman–Crippen LogP) is 3.13. The molecule has 0 bridgehead atoms. The van der Waals surface area contributed by atoms with Gasteiger partial charge in [0.2, 0.25) is 0 Å². The Morgan fingerprint density at radius 3 is 2.71 bits per heavy atom. The highest BCUT2D eigenvalue weighted by atomic mass is 32.2. The van der Waals surface area contributed by atoms with Gasteiger partial charge in [-0.15, -0.1) is 10.2 Å². The highest BCUT2D eigenvalue weighted by Gasteiger charge is 2.29. The van der Waals surface area contributed by atoms with Gasteiger partial charge in [0.25, 0.3) is 0 Å². The van der Waals surface area contributed by atoms with Crippen LogP contribution in [0.5, 0.6) is 0 Å². The molecule has 1 aromatic rings. The SMILES string of the molecule is CNC1CCC(C)CC1Sc1nnc(SC)s1. The minimum absolute atomic E-state index is 0.623. The fourth-order valence-electron chi connectivity index (χ4n) is 2.25. The summed E-state index contributed by atoms with van der Waals surface area (Å²) in [6.45, 7) is 2.35. The Labute approximate surface area is 116 Å². The fourth-order valence-corrected chi connectivity index (χ4v) is 5.42. The molecule has 1 N–H and O–H groups in total. The summed E-state index contributed by atoms with van der Waals surface area (Å²) in [7, 11) is 2.07. The topological polar surface area (TPSA) is 37.8 Å². The summed E-state index contributed by atoms with van der Waals surface area (Å²) in [5.74, 6) is 0.838. The summed E-state index contributed by atoms with van der Waals surface area (Å²) in [5.41, 5.74) is 0. The van der Waals surface area contributed by atoms with Gasteiger partial charge in [-0.25, -0.2) is 0 Å². The molecule has 0 spiro atoms. The molecule has 1 aliphatic rings. The van der Waals surface area contributed by atoms with Gasteiger partial charge in [0.05, 0.1) is 0 Å². The number of hydrogen-bond acceptors (Lipinski definition) is 6. The van der Waals surface area contributed by atoms with Gasteiger partial charge in [0.1, 0.15) is 0 Å². The molecule has 0 amide bonds. The van der Waals surface area contributed by atoms with Crippen LogP contribution in [-0.2, 0) is 0 Å². The fraction of sp³-hybridized carbons (Fsp3) is 0.818. The molecule has 96 valence electrons. The first-order valence-corrected chi connectivity index (χ1v) is 8.86. The van der Waals surface area contributed by atoms with E-state index >= 15 is 0 Å². The average Bonchev–Trinajstić information content (AvgIpc) is 2.77. The Morgan fingerprint density at radius 1 is 1.29 bits per heavy atom. The van der Waals surface area contributed by atoms with Crippen molar-refractivity contribution in [1.82, 2.24) is 15.5 Å². The first kappa shape index (κ1) is 13.6. The molecule has 3 nitrogen and oxygen atoms in total. The van der Waals surface area contributed by atoms with Crippen LogP contribution in [0.25, 0.3) is 0 Å². The minimum atomic E-state index is 0.623. The summed E-state index contributed by atoms with van der Waals surface area (Å²) in [5, 5.41) is 12.5. The molecule has 0 aliphatic heterocycles. The molecule has 0 radical (unpaired) electrons. The molecule has 1 fully saturated rings. The van der Waals surface area contributed by atoms with Gasteiger partial charge in [-0.2, -0.15) is 0 Å². The Kier molecular flexibility index (Phi) is 5.14. The van der Waals surface area contributed by atoms with Crippen molar-refractivity contribution >= 4 is 34.9 Å². The maximum atomic E-state index is 4.26. The van der Waals surface area contributed by atoms with Crippen molar-refractivity contribution in [3.8, 4) is 0 Å². The first-order valence-electron chi connectivity index (χ1n) is 5.94. The zero-order valence-electron chi connectivity index (χ0n) is 10.5. The molecule has 1 heterocycles. The second kappa shape index (κ2) is 6.41. The number of nitrogens with one attached hydrogen (secondary N) is 1. The number of rotatable bonds is 4. The van der Waals surface area contributed by atoms with Crippen LogP contribution < -0.4 is 5.32 Å². The van der Waals surface area contributed by atoms with E-state index in [0.29, 0.717) is 11.3 Å². The molecule has 0 aromatic carbocycles. The van der Waals surface area contributed by atoms with Crippen LogP contribution in [0.4, 0.5) is 0 Å². The normalized spacial score (nSPS) is 29.5. The molecule has 2 rings (SSSR count). The molecule has 1 aromatic heterocycles. The van der Waals surface area contributed by atoms with Crippen LogP contribution in [0.1, 0.15) is 26.2 Å². The van der Waals surface area contributed by atoms with E-state index < -0.39 is 0 Å². The minimum Gasteiger partial charge on any atom is -0.316 e. The van der Waals surface area contributed by atoms with Gasteiger partial charge in [0.15, 0.2) is 8.68 Å². The second-order valence-corrected chi connectivity index (χ2v) is 8.02. The second-order valence-electron chi connectivity index (χ2n) is 4.51. The van der Waals surface area contributed by atoms with Crippen molar-refractivity contribution in [2.45, 2.75) is 46.2 Å². The van der Waals surface area contributed by atoms with E-state index in [-0.39, 0.29) is 0 Å². The average molecular weight is 289 g/mol. The van der Waals surface area contributed by atoms with Crippen molar-refractivity contribution in [2.24, 2.45) is 5.92 Å². The smallest absolute Gasteiger partial charge is 0.175 e. The van der Waals surface area contributed by atoms with Gasteiger partial charge in [0, 0.05) is 11.3 Å². The van der Waals surface area contributed by atoms with Crippen molar-refractivity contribution < 1.29 is 0 Å². The van der Waals surface area contributed by atoms with Crippen LogP contribution in [-0.4, -0.2) is 34.8 Å². The lowest BCUT2D eigenvalue weighted by atomic mass is 9.87. The van der Waals surface area contributed by atoms with Crippen molar-refractivity contribution in [3.63, 3.8) is 0 Å². The van der Waals surface area contributed by atoms with Crippen LogP contribution >= 0.6 is 34.9 Å². The molecule has 3 unspecified atom stereocenters. The van der Waals surface area contributed by atoms with Crippen molar-refractivity contribution in [1.29, 1.82) is 0 Å². The zero-order chi connectivity index (χ0) is 12.3. The molecule has 1 aliphatic carbocycles. The number of aromatic nitrogens is 2. The molecular formula is C11H19N3S3. The van der Waals surface area contributed by atoms with E-state index in [4.69, 9.17) is 0 Å². The van der Waals surface area contributed by atoms with Gasteiger partial charge < -0.3 is 5.32 Å². The van der Waals surface area contributed by atoms with Crippen LogP contribution in [0, 0.1) is 5.92 Å². The highest BCUT2D eigenvalue weighted by molar-refractivity contribution is 8.03. The van der Waals surface area contributed by atoms with Crippen LogP contribution in [0.15, 0.2) is 8.68 Å². The third-order valence-corrected chi connectivity index (χ3v) is 6.58. The van der Waals surface area contributed by atoms with E-state index in [1.54, 1.807) is 23.1 Å². The predicted molar refractivity (Wildman–Crippen MR) is 77.2 cm³/mol. The Balaban J connectivity index is 1.99. The number of thioether (sulfide) groups is 2. The largest absolute Gasteiger partial charge is 0.316 e. The summed E-state index contributed by atoms with van der Waals surface area (Å²) >= 11 is 5.30. The first-order chi connectivity index (χ1) is 8.22. The quantitative estimate of drug-likeness (QED) is 0.862. The van der Waals surface area contributed by atoms with Gasteiger partial charge in [-0.05, 0) is 38.5 Å².